The normalized spacial score (nSPS) is 15.6. The number of amides is 2. The molecule has 0 spiro atoms. The van der Waals surface area contributed by atoms with Crippen LogP contribution in [0.25, 0.3) is 17.0 Å². The molecule has 1 N–H and O–H groups in total. The lowest BCUT2D eigenvalue weighted by atomic mass is 10.1. The molecule has 10 heteroatoms. The van der Waals surface area contributed by atoms with Crippen LogP contribution < -0.4 is 19.7 Å². The van der Waals surface area contributed by atoms with Gasteiger partial charge in [-0.1, -0.05) is 48.2 Å². The van der Waals surface area contributed by atoms with E-state index in [1.165, 1.54) is 28.8 Å². The van der Waals surface area contributed by atoms with Crippen molar-refractivity contribution in [2.45, 2.75) is 13.5 Å². The second kappa shape index (κ2) is 9.62. The van der Waals surface area contributed by atoms with E-state index in [-0.39, 0.29) is 25.2 Å². The Morgan fingerprint density at radius 3 is 2.76 bits per heavy atom. The van der Waals surface area contributed by atoms with E-state index >= 15 is 0 Å². The lowest BCUT2D eigenvalue weighted by Crippen LogP contribution is -2.27. The Balaban J connectivity index is 1.31. The summed E-state index contributed by atoms with van der Waals surface area (Å²) in [6.45, 7) is 2.14. The third-order valence-corrected chi connectivity index (χ3v) is 7.68. The van der Waals surface area contributed by atoms with Crippen LogP contribution in [-0.2, 0) is 16.1 Å². The van der Waals surface area contributed by atoms with E-state index in [2.05, 4.69) is 5.32 Å². The summed E-state index contributed by atoms with van der Waals surface area (Å²) in [5, 5.41) is 3.81. The van der Waals surface area contributed by atoms with Crippen molar-refractivity contribution in [3.63, 3.8) is 0 Å². The van der Waals surface area contributed by atoms with Gasteiger partial charge in [0, 0.05) is 33.9 Å². The van der Waals surface area contributed by atoms with Crippen molar-refractivity contribution >= 4 is 68.5 Å². The van der Waals surface area contributed by atoms with Gasteiger partial charge in [-0.3, -0.25) is 14.5 Å². The first kappa shape index (κ1) is 24.2. The monoisotopic (exact) mass is 545 g/mol. The molecule has 0 aliphatic carbocycles. The quantitative estimate of drug-likeness (QED) is 0.250. The molecule has 0 radical (unpaired) electrons. The third-order valence-electron chi connectivity index (χ3n) is 6.37. The number of benzene rings is 3. The van der Waals surface area contributed by atoms with Crippen LogP contribution in [0.1, 0.15) is 11.3 Å². The lowest BCUT2D eigenvalue weighted by Gasteiger charge is -2.14. The molecule has 3 heterocycles. The number of aromatic nitrogens is 1. The zero-order chi connectivity index (χ0) is 26.4. The molecule has 1 aromatic heterocycles. The van der Waals surface area contributed by atoms with Crippen LogP contribution in [0.3, 0.4) is 0 Å². The van der Waals surface area contributed by atoms with Gasteiger partial charge in [0.25, 0.3) is 5.91 Å². The number of hydrogen-bond donors (Lipinski definition) is 1. The topological polar surface area (TPSA) is 72.8 Å². The summed E-state index contributed by atoms with van der Waals surface area (Å²) in [7, 11) is 0. The minimum absolute atomic E-state index is 0.0683. The van der Waals surface area contributed by atoms with E-state index in [1.54, 1.807) is 36.4 Å². The first-order valence-corrected chi connectivity index (χ1v) is 12.9. The van der Waals surface area contributed by atoms with Gasteiger partial charge in [0.05, 0.1) is 10.6 Å². The van der Waals surface area contributed by atoms with Crippen LogP contribution in [0.5, 0.6) is 11.5 Å². The van der Waals surface area contributed by atoms with Crippen molar-refractivity contribution in [1.29, 1.82) is 0 Å². The molecule has 38 heavy (non-hydrogen) atoms. The van der Waals surface area contributed by atoms with Crippen molar-refractivity contribution in [3.05, 3.63) is 88.7 Å². The van der Waals surface area contributed by atoms with Crippen molar-refractivity contribution in [1.82, 2.24) is 4.57 Å². The number of nitrogens with zero attached hydrogens (tertiary/aromatic N) is 2. The molecular weight excluding hydrogens is 525 g/mol. The first-order chi connectivity index (χ1) is 18.4. The van der Waals surface area contributed by atoms with Gasteiger partial charge in [-0.05, 0) is 49.4 Å². The molecule has 3 aromatic carbocycles. The van der Waals surface area contributed by atoms with E-state index < -0.39 is 5.82 Å². The molecule has 2 aliphatic heterocycles. The number of nitrogens with one attached hydrogen (secondary N) is 1. The largest absolute Gasteiger partial charge is 0.454 e. The zero-order valence-electron chi connectivity index (χ0n) is 20.1. The number of fused-ring (bicyclic) bond motifs is 2. The minimum Gasteiger partial charge on any atom is -0.454 e. The van der Waals surface area contributed by atoms with Gasteiger partial charge in [-0.25, -0.2) is 4.39 Å². The molecule has 1 fully saturated rings. The summed E-state index contributed by atoms with van der Waals surface area (Å²) in [4.78, 5) is 28.1. The van der Waals surface area contributed by atoms with Gasteiger partial charge in [0.15, 0.2) is 15.8 Å². The van der Waals surface area contributed by atoms with E-state index in [9.17, 15) is 14.0 Å². The standard InChI is InChI=1S/C28H20FN3O4S2/c1-16-21(13-25-27(34)32(28(37)38-25)19-6-4-5-17(29)11-19)20-7-2-3-8-22(20)31(16)14-26(33)30-18-9-10-23-24(12-18)36-15-35-23/h2-13H,14-15H2,1H3,(H,30,33)/b25-13+. The average Bonchev–Trinajstić information content (AvgIpc) is 3.55. The van der Waals surface area contributed by atoms with Crippen molar-refractivity contribution < 1.29 is 23.5 Å². The maximum atomic E-state index is 13.8. The van der Waals surface area contributed by atoms with Gasteiger partial charge in [0.2, 0.25) is 12.7 Å². The number of thiocarbonyl (C=S) groups is 1. The third kappa shape index (κ3) is 4.31. The maximum Gasteiger partial charge on any atom is 0.270 e. The number of rotatable bonds is 5. The molecule has 6 rings (SSSR count). The van der Waals surface area contributed by atoms with Crippen LogP contribution in [0, 0.1) is 12.7 Å². The Morgan fingerprint density at radius 2 is 1.92 bits per heavy atom. The number of carbonyl (C=O) groups is 2. The fourth-order valence-corrected chi connectivity index (χ4v) is 5.88. The highest BCUT2D eigenvalue weighted by Crippen LogP contribution is 2.38. The number of ether oxygens (including phenoxy) is 2. The Hall–Kier alpha value is -4.15. The number of para-hydroxylation sites is 1. The first-order valence-electron chi connectivity index (χ1n) is 11.7. The fourth-order valence-electron chi connectivity index (χ4n) is 4.60. The number of halogens is 1. The number of carbonyl (C=O) groups excluding carboxylic acids is 2. The molecule has 2 aliphatic rings. The number of thioether (sulfide) groups is 1. The molecule has 7 nitrogen and oxygen atoms in total. The summed E-state index contributed by atoms with van der Waals surface area (Å²) in [5.41, 5.74) is 3.49. The van der Waals surface area contributed by atoms with Crippen LogP contribution in [0.15, 0.2) is 71.6 Å². The van der Waals surface area contributed by atoms with Gasteiger partial charge in [-0.2, -0.15) is 0 Å². The van der Waals surface area contributed by atoms with E-state index in [0.717, 1.165) is 22.2 Å². The van der Waals surface area contributed by atoms with Crippen LogP contribution in [-0.4, -0.2) is 27.5 Å². The Labute approximate surface area is 226 Å². The molecule has 0 atom stereocenters. The summed E-state index contributed by atoms with van der Waals surface area (Å²) in [5.74, 6) is 0.253. The molecular formula is C28H20FN3O4S2. The molecule has 0 bridgehead atoms. The summed E-state index contributed by atoms with van der Waals surface area (Å²) >= 11 is 6.61. The number of anilines is 2. The summed E-state index contributed by atoms with van der Waals surface area (Å²) in [6, 6.07) is 18.7. The highest BCUT2D eigenvalue weighted by Gasteiger charge is 2.34. The van der Waals surface area contributed by atoms with Crippen molar-refractivity contribution in [2.75, 3.05) is 17.0 Å². The summed E-state index contributed by atoms with van der Waals surface area (Å²) in [6.07, 6.45) is 1.79. The highest BCUT2D eigenvalue weighted by atomic mass is 32.2. The van der Waals surface area contributed by atoms with Crippen molar-refractivity contribution in [2.24, 2.45) is 0 Å². The molecule has 0 unspecified atom stereocenters. The van der Waals surface area contributed by atoms with Gasteiger partial charge in [0.1, 0.15) is 12.4 Å². The smallest absolute Gasteiger partial charge is 0.270 e. The van der Waals surface area contributed by atoms with E-state index in [1.807, 2.05) is 35.8 Å². The van der Waals surface area contributed by atoms with E-state index in [4.69, 9.17) is 21.7 Å². The predicted octanol–water partition coefficient (Wildman–Crippen LogP) is 5.86. The van der Waals surface area contributed by atoms with Crippen molar-refractivity contribution in [3.8, 4) is 11.5 Å². The highest BCUT2D eigenvalue weighted by molar-refractivity contribution is 8.27. The van der Waals surface area contributed by atoms with Gasteiger partial charge in [-0.15, -0.1) is 0 Å². The second-order valence-electron chi connectivity index (χ2n) is 8.72. The summed E-state index contributed by atoms with van der Waals surface area (Å²) < 4.78 is 26.8. The second-order valence-corrected chi connectivity index (χ2v) is 10.4. The van der Waals surface area contributed by atoms with Crippen LogP contribution >= 0.6 is 24.0 Å². The lowest BCUT2D eigenvalue weighted by molar-refractivity contribution is -0.116. The Bertz CT molecular complexity index is 1680. The molecule has 1 saturated heterocycles. The Morgan fingerprint density at radius 1 is 1.11 bits per heavy atom. The predicted molar refractivity (Wildman–Crippen MR) is 150 cm³/mol. The van der Waals surface area contributed by atoms with Crippen LogP contribution in [0.4, 0.5) is 15.8 Å². The zero-order valence-corrected chi connectivity index (χ0v) is 21.7. The maximum absolute atomic E-state index is 13.8. The number of hydrogen-bond acceptors (Lipinski definition) is 6. The Kier molecular flexibility index (Phi) is 6.13. The van der Waals surface area contributed by atoms with Crippen LogP contribution in [0.2, 0.25) is 0 Å². The van der Waals surface area contributed by atoms with Gasteiger partial charge < -0.3 is 19.4 Å². The van der Waals surface area contributed by atoms with E-state index in [0.29, 0.717) is 32.1 Å². The SMILES string of the molecule is Cc1c(/C=C2/SC(=S)N(c3cccc(F)c3)C2=O)c2ccccc2n1CC(=O)Nc1ccc2c(c1)OCO2. The molecule has 4 aromatic rings. The molecule has 2 amide bonds. The minimum atomic E-state index is -0.446. The molecule has 190 valence electrons. The fraction of sp³-hybridized carbons (Fsp3) is 0.107. The molecule has 0 saturated carbocycles. The van der Waals surface area contributed by atoms with Gasteiger partial charge >= 0.3 is 0 Å². The average molecular weight is 546 g/mol.